The third-order valence-corrected chi connectivity index (χ3v) is 4.68. The second-order valence-electron chi connectivity index (χ2n) is 6.12. The topological polar surface area (TPSA) is 20.5 Å². The van der Waals surface area contributed by atoms with E-state index in [0.717, 1.165) is 24.4 Å². The molecular weight excluding hydrogens is 270 g/mol. The van der Waals surface area contributed by atoms with Gasteiger partial charge in [0.1, 0.15) is 5.82 Å². The number of nitrogens with zero attached hydrogens (tertiary/aromatic N) is 3. The average Bonchev–Trinajstić information content (AvgIpc) is 2.76. The number of aryl methyl sites for hydroxylation is 1. The smallest absolute Gasteiger partial charge is 0.155 e. The molecule has 0 amide bonds. The van der Waals surface area contributed by atoms with E-state index in [-0.39, 0.29) is 0 Å². The number of pyridine rings is 1. The van der Waals surface area contributed by atoms with E-state index < -0.39 is 0 Å². The van der Waals surface area contributed by atoms with E-state index in [1.807, 2.05) is 0 Å². The van der Waals surface area contributed by atoms with Crippen molar-refractivity contribution in [3.8, 4) is 0 Å². The summed E-state index contributed by atoms with van der Waals surface area (Å²) >= 11 is 6.31. The first-order chi connectivity index (χ1) is 9.56. The fraction of sp³-hybridized carbons (Fsp3) is 0.562. The lowest BCUT2D eigenvalue weighted by Crippen LogP contribution is -2.38. The highest BCUT2D eigenvalue weighted by Crippen LogP contribution is 2.31. The molecule has 2 aromatic rings. The maximum Gasteiger partial charge on any atom is 0.155 e. The second-order valence-corrected chi connectivity index (χ2v) is 6.48. The molecule has 0 unspecified atom stereocenters. The van der Waals surface area contributed by atoms with Crippen LogP contribution in [0.5, 0.6) is 0 Å². The van der Waals surface area contributed by atoms with E-state index in [2.05, 4.69) is 53.4 Å². The van der Waals surface area contributed by atoms with Crippen LogP contribution in [0.25, 0.3) is 5.52 Å². The molecule has 3 nitrogen and oxygen atoms in total. The zero-order valence-corrected chi connectivity index (χ0v) is 13.2. The number of hydrogen-bond donors (Lipinski definition) is 0. The highest BCUT2D eigenvalue weighted by atomic mass is 35.5. The van der Waals surface area contributed by atoms with Gasteiger partial charge >= 0.3 is 0 Å². The van der Waals surface area contributed by atoms with E-state index in [1.54, 1.807) is 0 Å². The Labute approximate surface area is 125 Å². The van der Waals surface area contributed by atoms with Gasteiger partial charge in [0.15, 0.2) is 5.15 Å². The zero-order valence-electron chi connectivity index (χ0n) is 12.4. The third-order valence-electron chi connectivity index (χ3n) is 4.41. The van der Waals surface area contributed by atoms with Crippen LogP contribution in [0.15, 0.2) is 18.3 Å². The largest absolute Gasteiger partial charge is 0.302 e. The van der Waals surface area contributed by atoms with Crippen LogP contribution >= 0.6 is 11.6 Å². The van der Waals surface area contributed by atoms with Crippen molar-refractivity contribution >= 4 is 17.1 Å². The molecule has 0 N–H and O–H groups in total. The monoisotopic (exact) mass is 291 g/mol. The van der Waals surface area contributed by atoms with Gasteiger partial charge in [0.05, 0.1) is 5.52 Å². The van der Waals surface area contributed by atoms with Crippen molar-refractivity contribution in [2.24, 2.45) is 0 Å². The summed E-state index contributed by atoms with van der Waals surface area (Å²) in [7, 11) is 0. The molecule has 1 aliphatic rings. The van der Waals surface area contributed by atoms with Crippen molar-refractivity contribution in [2.75, 3.05) is 13.1 Å². The summed E-state index contributed by atoms with van der Waals surface area (Å²) < 4.78 is 2.17. The number of hydrogen-bond acceptors (Lipinski definition) is 2. The highest BCUT2D eigenvalue weighted by Gasteiger charge is 2.25. The van der Waals surface area contributed by atoms with Crippen LogP contribution in [-0.4, -0.2) is 33.4 Å². The first-order valence-corrected chi connectivity index (χ1v) is 7.82. The van der Waals surface area contributed by atoms with Gasteiger partial charge in [-0.05, 0) is 64.4 Å². The summed E-state index contributed by atoms with van der Waals surface area (Å²) in [6, 6.07) is 4.87. The van der Waals surface area contributed by atoms with E-state index in [0.29, 0.717) is 17.1 Å². The van der Waals surface area contributed by atoms with Crippen LogP contribution in [0.2, 0.25) is 5.15 Å². The quantitative estimate of drug-likeness (QED) is 0.837. The zero-order chi connectivity index (χ0) is 14.3. The molecule has 4 heteroatoms. The summed E-state index contributed by atoms with van der Waals surface area (Å²) in [5.41, 5.74) is 2.26. The first kappa shape index (κ1) is 13.9. The van der Waals surface area contributed by atoms with E-state index in [1.165, 1.54) is 18.4 Å². The van der Waals surface area contributed by atoms with Gasteiger partial charge in [0, 0.05) is 18.2 Å². The Morgan fingerprint density at radius 1 is 1.30 bits per heavy atom. The lowest BCUT2D eigenvalue weighted by molar-refractivity contribution is 0.169. The fourth-order valence-electron chi connectivity index (χ4n) is 3.14. The molecule has 3 rings (SSSR count). The van der Waals surface area contributed by atoms with Crippen LogP contribution in [0.3, 0.4) is 0 Å². The molecular formula is C16H22ClN3. The first-order valence-electron chi connectivity index (χ1n) is 7.44. The number of piperidine rings is 1. The summed E-state index contributed by atoms with van der Waals surface area (Å²) in [5, 5.41) is 0.634. The van der Waals surface area contributed by atoms with Gasteiger partial charge < -0.3 is 9.30 Å². The number of imidazole rings is 1. The minimum absolute atomic E-state index is 0.521. The summed E-state index contributed by atoms with van der Waals surface area (Å²) in [5.74, 6) is 1.65. The van der Waals surface area contributed by atoms with E-state index >= 15 is 0 Å². The molecule has 0 spiro atoms. The Morgan fingerprint density at radius 3 is 2.65 bits per heavy atom. The molecule has 0 bridgehead atoms. The maximum absolute atomic E-state index is 6.31. The van der Waals surface area contributed by atoms with Gasteiger partial charge in [-0.25, -0.2) is 4.98 Å². The lowest BCUT2D eigenvalue weighted by Gasteiger charge is -2.34. The molecule has 1 fully saturated rings. The number of rotatable bonds is 2. The summed E-state index contributed by atoms with van der Waals surface area (Å²) in [4.78, 5) is 7.17. The molecule has 3 heterocycles. The minimum Gasteiger partial charge on any atom is -0.302 e. The van der Waals surface area contributed by atoms with Crippen molar-refractivity contribution < 1.29 is 0 Å². The molecule has 0 aromatic carbocycles. The molecule has 0 radical (unpaired) electrons. The molecule has 0 saturated carbocycles. The van der Waals surface area contributed by atoms with Crippen LogP contribution < -0.4 is 0 Å². The molecule has 108 valence electrons. The SMILES string of the molecule is Cc1ccn2c(C3CCN(C(C)C)CC3)nc(Cl)c2c1. The molecule has 20 heavy (non-hydrogen) atoms. The van der Waals surface area contributed by atoms with Gasteiger partial charge in [-0.3, -0.25) is 0 Å². The molecule has 2 aromatic heterocycles. The Balaban J connectivity index is 1.88. The van der Waals surface area contributed by atoms with Crippen LogP contribution in [0.1, 0.15) is 44.0 Å². The normalized spacial score (nSPS) is 18.2. The van der Waals surface area contributed by atoms with E-state index in [4.69, 9.17) is 11.6 Å². The lowest BCUT2D eigenvalue weighted by atomic mass is 9.95. The molecule has 0 atom stereocenters. The third kappa shape index (κ3) is 2.45. The molecule has 1 aliphatic heterocycles. The standard InChI is InChI=1S/C16H22ClN3/c1-11(2)19-7-5-13(6-8-19)16-18-15(17)14-10-12(3)4-9-20(14)16/h4,9-11,13H,5-8H2,1-3H3. The Morgan fingerprint density at radius 2 is 2.00 bits per heavy atom. The summed E-state index contributed by atoms with van der Waals surface area (Å²) in [6.45, 7) is 8.93. The van der Waals surface area contributed by atoms with E-state index in [9.17, 15) is 0 Å². The van der Waals surface area contributed by atoms with Crippen LogP contribution in [-0.2, 0) is 0 Å². The minimum atomic E-state index is 0.521. The number of fused-ring (bicyclic) bond motifs is 1. The molecule has 0 aliphatic carbocycles. The van der Waals surface area contributed by atoms with Crippen molar-refractivity contribution in [1.29, 1.82) is 0 Å². The second kappa shape index (κ2) is 5.38. The van der Waals surface area contributed by atoms with Gasteiger partial charge in [0.25, 0.3) is 0 Å². The number of aromatic nitrogens is 2. The Bertz CT molecular complexity index is 609. The van der Waals surface area contributed by atoms with Gasteiger partial charge in [-0.2, -0.15) is 0 Å². The highest BCUT2D eigenvalue weighted by molar-refractivity contribution is 6.32. The van der Waals surface area contributed by atoms with Crippen LogP contribution in [0, 0.1) is 6.92 Å². The Kier molecular flexibility index (Phi) is 3.74. The number of likely N-dealkylation sites (tertiary alicyclic amines) is 1. The molecule has 1 saturated heterocycles. The van der Waals surface area contributed by atoms with Gasteiger partial charge in [-0.1, -0.05) is 11.6 Å². The van der Waals surface area contributed by atoms with Crippen molar-refractivity contribution in [1.82, 2.24) is 14.3 Å². The average molecular weight is 292 g/mol. The fourth-order valence-corrected chi connectivity index (χ4v) is 3.37. The van der Waals surface area contributed by atoms with Gasteiger partial charge in [-0.15, -0.1) is 0 Å². The van der Waals surface area contributed by atoms with Crippen molar-refractivity contribution in [3.63, 3.8) is 0 Å². The van der Waals surface area contributed by atoms with Crippen molar-refractivity contribution in [2.45, 2.75) is 45.6 Å². The van der Waals surface area contributed by atoms with Gasteiger partial charge in [0.2, 0.25) is 0 Å². The predicted molar refractivity (Wildman–Crippen MR) is 83.6 cm³/mol. The van der Waals surface area contributed by atoms with Crippen molar-refractivity contribution in [3.05, 3.63) is 34.9 Å². The maximum atomic E-state index is 6.31. The van der Waals surface area contributed by atoms with Crippen LogP contribution in [0.4, 0.5) is 0 Å². The number of halogens is 1. The predicted octanol–water partition coefficient (Wildman–Crippen LogP) is 3.88. The summed E-state index contributed by atoms with van der Waals surface area (Å²) in [6.07, 6.45) is 4.44. The Hall–Kier alpha value is -1.06.